The number of ether oxygens (including phenoxy) is 1. The van der Waals surface area contributed by atoms with Gasteiger partial charge >= 0.3 is 0 Å². The van der Waals surface area contributed by atoms with Crippen molar-refractivity contribution in [3.8, 4) is 0 Å². The van der Waals surface area contributed by atoms with E-state index in [0.29, 0.717) is 10.9 Å². The maximum atomic E-state index is 5.70. The van der Waals surface area contributed by atoms with Gasteiger partial charge in [0.05, 0.1) is 6.10 Å². The van der Waals surface area contributed by atoms with Crippen molar-refractivity contribution >= 4 is 15.9 Å². The third kappa shape index (κ3) is 4.08. The predicted molar refractivity (Wildman–Crippen MR) is 89.6 cm³/mol. The fraction of sp³-hybridized carbons (Fsp3) is 0.667. The summed E-state index contributed by atoms with van der Waals surface area (Å²) in [5.74, 6) is 0. The summed E-state index contributed by atoms with van der Waals surface area (Å²) in [5.41, 5.74) is 3.10. The normalized spacial score (nSPS) is 21.1. The molecule has 0 bridgehead atoms. The van der Waals surface area contributed by atoms with Crippen LogP contribution in [0.4, 0.5) is 0 Å². The van der Waals surface area contributed by atoms with E-state index in [1.807, 2.05) is 0 Å². The molecule has 0 saturated carbocycles. The maximum absolute atomic E-state index is 5.70. The average Bonchev–Trinajstić information content (AvgIpc) is 2.98. The first-order chi connectivity index (χ1) is 9.53. The van der Waals surface area contributed by atoms with Gasteiger partial charge in [0.15, 0.2) is 0 Å². The first kappa shape index (κ1) is 16.0. The van der Waals surface area contributed by atoms with E-state index in [4.69, 9.17) is 4.74 Å². The van der Waals surface area contributed by atoms with E-state index >= 15 is 0 Å². The van der Waals surface area contributed by atoms with Crippen molar-refractivity contribution in [3.05, 3.63) is 35.4 Å². The molecule has 112 valence electrons. The van der Waals surface area contributed by atoms with Gasteiger partial charge in [-0.15, -0.1) is 0 Å². The first-order valence-electron chi connectivity index (χ1n) is 7.89. The Bertz CT molecular complexity index is 404. The molecule has 1 aromatic carbocycles. The van der Waals surface area contributed by atoms with Crippen LogP contribution in [-0.2, 0) is 10.2 Å². The lowest BCUT2D eigenvalue weighted by molar-refractivity contribution is 0.102. The molecule has 1 nitrogen and oxygen atoms in total. The molecule has 1 aromatic rings. The fourth-order valence-corrected chi connectivity index (χ4v) is 3.29. The molecule has 0 spiro atoms. The number of rotatable bonds is 6. The van der Waals surface area contributed by atoms with Gasteiger partial charge in [-0.3, -0.25) is 0 Å². The van der Waals surface area contributed by atoms with Gasteiger partial charge < -0.3 is 4.74 Å². The van der Waals surface area contributed by atoms with Crippen LogP contribution in [0.5, 0.6) is 0 Å². The summed E-state index contributed by atoms with van der Waals surface area (Å²) >= 11 is 3.83. The van der Waals surface area contributed by atoms with Crippen LogP contribution < -0.4 is 0 Å². The van der Waals surface area contributed by atoms with Crippen LogP contribution in [0.1, 0.15) is 68.8 Å². The largest absolute Gasteiger partial charge is 0.378 e. The molecule has 2 heteroatoms. The van der Waals surface area contributed by atoms with Crippen molar-refractivity contribution in [3.63, 3.8) is 0 Å². The van der Waals surface area contributed by atoms with E-state index < -0.39 is 0 Å². The van der Waals surface area contributed by atoms with Crippen LogP contribution in [0.25, 0.3) is 0 Å². The summed E-state index contributed by atoms with van der Waals surface area (Å²) in [4.78, 5) is 0.450. The Morgan fingerprint density at radius 3 is 2.55 bits per heavy atom. The van der Waals surface area contributed by atoms with Gasteiger partial charge in [0.2, 0.25) is 0 Å². The number of alkyl halides is 1. The maximum Gasteiger partial charge on any atom is 0.0576 e. The third-order valence-electron chi connectivity index (χ3n) is 4.70. The molecule has 0 N–H and O–H groups in total. The third-order valence-corrected chi connectivity index (χ3v) is 5.69. The Balaban J connectivity index is 1.91. The Morgan fingerprint density at radius 1 is 1.30 bits per heavy atom. The standard InChI is InChI=1S/C18H27BrO/c1-4-18(2,3)15-9-7-14(8-10-15)17(19)12-11-16-6-5-13-20-16/h7-10,16-17H,4-6,11-13H2,1-3H3. The minimum atomic E-state index is 0.276. The molecule has 0 amide bonds. The van der Waals surface area contributed by atoms with E-state index in [1.54, 1.807) is 0 Å². The molecule has 1 aliphatic rings. The zero-order chi connectivity index (χ0) is 14.6. The van der Waals surface area contributed by atoms with E-state index in [0.717, 1.165) is 19.4 Å². The molecule has 2 atom stereocenters. The monoisotopic (exact) mass is 338 g/mol. The number of benzene rings is 1. The zero-order valence-electron chi connectivity index (χ0n) is 13.0. The van der Waals surface area contributed by atoms with Gasteiger partial charge in [-0.05, 0) is 48.6 Å². The van der Waals surface area contributed by atoms with Crippen molar-refractivity contribution in [1.29, 1.82) is 0 Å². The Kier molecular flexibility index (Phi) is 5.68. The summed E-state index contributed by atoms with van der Waals surface area (Å²) < 4.78 is 5.70. The SMILES string of the molecule is CCC(C)(C)c1ccc(C(Br)CCC2CCCO2)cc1. The molecular weight excluding hydrogens is 312 g/mol. The molecule has 0 aromatic heterocycles. The van der Waals surface area contributed by atoms with Crippen LogP contribution in [-0.4, -0.2) is 12.7 Å². The van der Waals surface area contributed by atoms with Crippen molar-refractivity contribution < 1.29 is 4.74 Å². The lowest BCUT2D eigenvalue weighted by Gasteiger charge is -2.24. The summed E-state index contributed by atoms with van der Waals surface area (Å²) in [5, 5.41) is 0. The topological polar surface area (TPSA) is 9.23 Å². The minimum Gasteiger partial charge on any atom is -0.378 e. The lowest BCUT2D eigenvalue weighted by Crippen LogP contribution is -2.15. The number of hydrogen-bond donors (Lipinski definition) is 0. The second-order valence-electron chi connectivity index (χ2n) is 6.54. The van der Waals surface area contributed by atoms with Crippen LogP contribution in [0.15, 0.2) is 24.3 Å². The molecule has 1 fully saturated rings. The lowest BCUT2D eigenvalue weighted by atomic mass is 9.82. The van der Waals surface area contributed by atoms with Crippen molar-refractivity contribution in [2.75, 3.05) is 6.61 Å². The highest BCUT2D eigenvalue weighted by Crippen LogP contribution is 2.33. The molecule has 0 aliphatic carbocycles. The van der Waals surface area contributed by atoms with Crippen LogP contribution in [0.3, 0.4) is 0 Å². The van der Waals surface area contributed by atoms with Gasteiger partial charge in [0.25, 0.3) is 0 Å². The van der Waals surface area contributed by atoms with Crippen molar-refractivity contribution in [2.24, 2.45) is 0 Å². The van der Waals surface area contributed by atoms with Crippen LogP contribution in [0, 0.1) is 0 Å². The number of halogens is 1. The number of hydrogen-bond acceptors (Lipinski definition) is 1. The van der Waals surface area contributed by atoms with Gasteiger partial charge in [0.1, 0.15) is 0 Å². The van der Waals surface area contributed by atoms with E-state index in [2.05, 4.69) is 61.0 Å². The second kappa shape index (κ2) is 7.09. The molecule has 2 rings (SSSR count). The summed E-state index contributed by atoms with van der Waals surface area (Å²) in [6.07, 6.45) is 6.46. The van der Waals surface area contributed by atoms with Crippen molar-refractivity contribution in [2.45, 2.75) is 69.2 Å². The highest BCUT2D eigenvalue weighted by atomic mass is 79.9. The zero-order valence-corrected chi connectivity index (χ0v) is 14.6. The molecule has 1 aliphatic heterocycles. The predicted octanol–water partition coefficient (Wildman–Crippen LogP) is 5.77. The highest BCUT2D eigenvalue weighted by Gasteiger charge is 2.20. The Hall–Kier alpha value is -0.340. The molecular formula is C18H27BrO. The molecule has 1 saturated heterocycles. The first-order valence-corrected chi connectivity index (χ1v) is 8.80. The summed E-state index contributed by atoms with van der Waals surface area (Å²) in [7, 11) is 0. The molecule has 0 radical (unpaired) electrons. The minimum absolute atomic E-state index is 0.276. The van der Waals surface area contributed by atoms with Gasteiger partial charge in [-0.25, -0.2) is 0 Å². The summed E-state index contributed by atoms with van der Waals surface area (Å²) in [6, 6.07) is 9.14. The summed E-state index contributed by atoms with van der Waals surface area (Å²) in [6.45, 7) is 7.83. The smallest absolute Gasteiger partial charge is 0.0576 e. The Labute approximate surface area is 132 Å². The molecule has 1 heterocycles. The van der Waals surface area contributed by atoms with Gasteiger partial charge in [-0.1, -0.05) is 61.0 Å². The van der Waals surface area contributed by atoms with Crippen LogP contribution >= 0.6 is 15.9 Å². The highest BCUT2D eigenvalue weighted by molar-refractivity contribution is 9.09. The van der Waals surface area contributed by atoms with E-state index in [1.165, 1.54) is 30.4 Å². The van der Waals surface area contributed by atoms with Gasteiger partial charge in [0, 0.05) is 11.4 Å². The van der Waals surface area contributed by atoms with E-state index in [9.17, 15) is 0 Å². The van der Waals surface area contributed by atoms with Gasteiger partial charge in [-0.2, -0.15) is 0 Å². The second-order valence-corrected chi connectivity index (χ2v) is 7.64. The quantitative estimate of drug-likeness (QED) is 0.598. The fourth-order valence-electron chi connectivity index (χ4n) is 2.72. The van der Waals surface area contributed by atoms with Crippen molar-refractivity contribution in [1.82, 2.24) is 0 Å². The van der Waals surface area contributed by atoms with Crippen LogP contribution in [0.2, 0.25) is 0 Å². The van der Waals surface area contributed by atoms with E-state index in [-0.39, 0.29) is 5.41 Å². The average molecular weight is 339 g/mol. The Morgan fingerprint density at radius 2 is 2.00 bits per heavy atom. The molecule has 2 unspecified atom stereocenters. The molecule has 20 heavy (non-hydrogen) atoms.